The predicted molar refractivity (Wildman–Crippen MR) is 214 cm³/mol. The van der Waals surface area contributed by atoms with Crippen LogP contribution in [0.2, 0.25) is 0 Å². The fourth-order valence-electron chi connectivity index (χ4n) is 7.26. The zero-order valence-corrected chi connectivity index (χ0v) is 28.0. The molecule has 9 rings (SSSR count). The molecule has 1 nitrogen and oxygen atoms in total. The van der Waals surface area contributed by atoms with Gasteiger partial charge in [0.1, 0.15) is 0 Å². The summed E-state index contributed by atoms with van der Waals surface area (Å²) in [5, 5.41) is 8.58. The van der Waals surface area contributed by atoms with Crippen LogP contribution < -0.4 is 0 Å². The van der Waals surface area contributed by atoms with Crippen LogP contribution in [-0.2, 0) is 6.42 Å². The quantitative estimate of drug-likeness (QED) is 0.165. The highest BCUT2D eigenvalue weighted by Crippen LogP contribution is 2.33. The summed E-state index contributed by atoms with van der Waals surface area (Å²) in [7, 11) is 0. The van der Waals surface area contributed by atoms with Gasteiger partial charge in [-0.25, -0.2) is 4.98 Å². The number of aryl methyl sites for hydroxylation is 1. The lowest BCUT2D eigenvalue weighted by atomic mass is 9.95. The van der Waals surface area contributed by atoms with Gasteiger partial charge < -0.3 is 0 Å². The minimum Gasteiger partial charge on any atom is -0.247 e. The van der Waals surface area contributed by atoms with Gasteiger partial charge in [0.2, 0.25) is 0 Å². The molecular formula is C49H35N. The highest BCUT2D eigenvalue weighted by molar-refractivity contribution is 6.07. The molecule has 9 aromatic rings. The first kappa shape index (κ1) is 29.8. The summed E-state index contributed by atoms with van der Waals surface area (Å²) in [6.45, 7) is 2.24. The molecule has 50 heavy (non-hydrogen) atoms. The average Bonchev–Trinajstić information content (AvgIpc) is 3.18. The first-order valence-corrected chi connectivity index (χ1v) is 17.3. The molecule has 8 aromatic carbocycles. The second-order valence-corrected chi connectivity index (χ2v) is 13.2. The van der Waals surface area contributed by atoms with E-state index >= 15 is 0 Å². The van der Waals surface area contributed by atoms with E-state index in [9.17, 15) is 0 Å². The Bertz CT molecular complexity index is 2720. The lowest BCUT2D eigenvalue weighted by Gasteiger charge is -2.10. The van der Waals surface area contributed by atoms with Gasteiger partial charge in [-0.1, -0.05) is 158 Å². The number of benzene rings is 8. The molecular weight excluding hydrogens is 603 g/mol. The second-order valence-electron chi connectivity index (χ2n) is 13.2. The third kappa shape index (κ3) is 5.63. The van der Waals surface area contributed by atoms with Gasteiger partial charge in [-0.3, -0.25) is 0 Å². The lowest BCUT2D eigenvalue weighted by molar-refractivity contribution is 1.29. The van der Waals surface area contributed by atoms with Crippen molar-refractivity contribution in [3.05, 3.63) is 193 Å². The van der Waals surface area contributed by atoms with Crippen LogP contribution in [0, 0.1) is 6.92 Å². The van der Waals surface area contributed by atoms with Gasteiger partial charge in [0.25, 0.3) is 0 Å². The molecule has 1 aromatic heterocycles. The van der Waals surface area contributed by atoms with Crippen molar-refractivity contribution < 1.29 is 0 Å². The fraction of sp³-hybridized carbons (Fsp3) is 0.0408. The molecule has 0 bridgehead atoms. The summed E-state index contributed by atoms with van der Waals surface area (Å²) >= 11 is 0. The molecule has 0 saturated heterocycles. The van der Waals surface area contributed by atoms with E-state index in [0.29, 0.717) is 0 Å². The van der Waals surface area contributed by atoms with Gasteiger partial charge in [-0.15, -0.1) is 0 Å². The maximum Gasteiger partial charge on any atom is 0.0788 e. The summed E-state index contributed by atoms with van der Waals surface area (Å²) in [6.07, 6.45) is 5.43. The second kappa shape index (κ2) is 12.6. The maximum atomic E-state index is 5.26. The van der Waals surface area contributed by atoms with Crippen LogP contribution in [0.4, 0.5) is 0 Å². The van der Waals surface area contributed by atoms with E-state index in [1.807, 2.05) is 0 Å². The van der Waals surface area contributed by atoms with Crippen LogP contribution in [0.3, 0.4) is 0 Å². The van der Waals surface area contributed by atoms with Crippen LogP contribution >= 0.6 is 0 Å². The van der Waals surface area contributed by atoms with Gasteiger partial charge in [0, 0.05) is 16.3 Å². The van der Waals surface area contributed by atoms with E-state index in [2.05, 4.69) is 189 Å². The molecule has 0 N–H and O–H groups in total. The maximum absolute atomic E-state index is 5.26. The topological polar surface area (TPSA) is 12.9 Å². The zero-order valence-electron chi connectivity index (χ0n) is 28.0. The third-order valence-corrected chi connectivity index (χ3v) is 10.1. The van der Waals surface area contributed by atoms with Crippen molar-refractivity contribution in [3.8, 4) is 33.5 Å². The largest absolute Gasteiger partial charge is 0.247 e. The fourth-order valence-corrected chi connectivity index (χ4v) is 7.26. The molecule has 1 heteroatoms. The zero-order chi connectivity index (χ0) is 33.4. The van der Waals surface area contributed by atoms with E-state index in [0.717, 1.165) is 28.6 Å². The van der Waals surface area contributed by atoms with Crippen LogP contribution in [0.5, 0.6) is 0 Å². The molecule has 0 aliphatic rings. The highest BCUT2D eigenvalue weighted by Gasteiger charge is 2.09. The molecule has 0 amide bonds. The Labute approximate surface area is 292 Å². The first-order chi connectivity index (χ1) is 24.7. The van der Waals surface area contributed by atoms with Crippen molar-refractivity contribution >= 4 is 49.3 Å². The normalized spacial score (nSPS) is 11.7. The number of pyridine rings is 1. The predicted octanol–water partition coefficient (Wildman–Crippen LogP) is 13.3. The molecule has 0 unspecified atom stereocenters. The molecule has 0 aliphatic carbocycles. The Kier molecular flexibility index (Phi) is 7.52. The number of fused-ring (bicyclic) bond motifs is 5. The van der Waals surface area contributed by atoms with Crippen molar-refractivity contribution in [3.63, 3.8) is 0 Å². The summed E-state index contributed by atoms with van der Waals surface area (Å²) in [4.78, 5) is 5.26. The molecule has 0 fully saturated rings. The number of hydrogen-bond acceptors (Lipinski definition) is 1. The monoisotopic (exact) mass is 637 g/mol. The summed E-state index contributed by atoms with van der Waals surface area (Å²) in [5.41, 5.74) is 11.9. The van der Waals surface area contributed by atoms with Crippen LogP contribution in [0.1, 0.15) is 16.7 Å². The van der Waals surface area contributed by atoms with E-state index in [4.69, 9.17) is 4.98 Å². The van der Waals surface area contributed by atoms with Crippen LogP contribution in [0.25, 0.3) is 82.8 Å². The summed E-state index contributed by atoms with van der Waals surface area (Å²) in [5.74, 6) is 0. The van der Waals surface area contributed by atoms with Gasteiger partial charge >= 0.3 is 0 Å². The minimum atomic E-state index is 0.867. The molecule has 236 valence electrons. The van der Waals surface area contributed by atoms with E-state index in [-0.39, 0.29) is 0 Å². The Balaban J connectivity index is 1.01. The van der Waals surface area contributed by atoms with Gasteiger partial charge in [-0.05, 0) is 103 Å². The highest BCUT2D eigenvalue weighted by atomic mass is 14.7. The van der Waals surface area contributed by atoms with E-state index < -0.39 is 0 Å². The molecule has 0 saturated carbocycles. The number of hydrogen-bond donors (Lipinski definition) is 0. The molecule has 1 heterocycles. The number of rotatable bonds is 6. The molecule has 0 radical (unpaired) electrons. The lowest BCUT2D eigenvalue weighted by Crippen LogP contribution is -1.89. The third-order valence-electron chi connectivity index (χ3n) is 10.1. The Morgan fingerprint density at radius 1 is 0.440 bits per heavy atom. The standard InChI is InChI=1S/C49H35N/c1-33-35(17-19-39-21-24-42(31-46(33)39)36-10-4-2-5-11-36)14-8-9-34-15-16-38-18-26-44(30-45(38)29-34)48-28-27-41-23-20-40-22-25-43(32-47(40)49(41)50-48)37-12-6-3-7-13-37/h2-8,10-32H,9H2,1H3/b14-8-. The molecule has 0 aliphatic heterocycles. The van der Waals surface area contributed by atoms with Crippen molar-refractivity contribution in [1.29, 1.82) is 0 Å². The Hall–Kier alpha value is -6.31. The first-order valence-electron chi connectivity index (χ1n) is 17.3. The number of allylic oxidation sites excluding steroid dienone is 1. The van der Waals surface area contributed by atoms with E-state index in [1.54, 1.807) is 0 Å². The van der Waals surface area contributed by atoms with Crippen molar-refractivity contribution in [1.82, 2.24) is 4.98 Å². The SMILES string of the molecule is Cc1c(/C=C\Cc2ccc3ccc(-c4ccc5ccc6ccc(-c7ccccc7)cc6c5n4)cc3c2)ccc2ccc(-c3ccccc3)cc12. The number of nitrogens with zero attached hydrogens (tertiary/aromatic N) is 1. The van der Waals surface area contributed by atoms with Gasteiger partial charge in [-0.2, -0.15) is 0 Å². The Morgan fingerprint density at radius 2 is 1.02 bits per heavy atom. The van der Waals surface area contributed by atoms with Crippen LogP contribution in [-0.4, -0.2) is 4.98 Å². The molecule has 0 atom stereocenters. The van der Waals surface area contributed by atoms with Crippen LogP contribution in [0.15, 0.2) is 176 Å². The summed E-state index contributed by atoms with van der Waals surface area (Å²) in [6, 6.07) is 61.4. The van der Waals surface area contributed by atoms with E-state index in [1.165, 1.54) is 71.3 Å². The van der Waals surface area contributed by atoms with Gasteiger partial charge in [0.15, 0.2) is 0 Å². The minimum absolute atomic E-state index is 0.867. The van der Waals surface area contributed by atoms with Crippen molar-refractivity contribution in [2.75, 3.05) is 0 Å². The van der Waals surface area contributed by atoms with Crippen molar-refractivity contribution in [2.24, 2.45) is 0 Å². The number of aromatic nitrogens is 1. The smallest absolute Gasteiger partial charge is 0.0788 e. The van der Waals surface area contributed by atoms with Gasteiger partial charge in [0.05, 0.1) is 11.2 Å². The Morgan fingerprint density at radius 3 is 1.78 bits per heavy atom. The average molecular weight is 638 g/mol. The molecule has 0 spiro atoms. The summed E-state index contributed by atoms with van der Waals surface area (Å²) < 4.78 is 0. The van der Waals surface area contributed by atoms with Crippen molar-refractivity contribution in [2.45, 2.75) is 13.3 Å².